The van der Waals surface area contributed by atoms with E-state index in [2.05, 4.69) is 9.97 Å². The van der Waals surface area contributed by atoms with Crippen LogP contribution in [-0.2, 0) is 12.0 Å². The van der Waals surface area contributed by atoms with Gasteiger partial charge in [0.05, 0.1) is 5.69 Å². The van der Waals surface area contributed by atoms with Crippen LogP contribution < -0.4 is 5.56 Å². The summed E-state index contributed by atoms with van der Waals surface area (Å²) in [6.45, 7) is 10.1. The van der Waals surface area contributed by atoms with Gasteiger partial charge in [-0.05, 0) is 25.0 Å². The van der Waals surface area contributed by atoms with Crippen LogP contribution in [-0.4, -0.2) is 27.8 Å². The van der Waals surface area contributed by atoms with Crippen molar-refractivity contribution in [3.63, 3.8) is 0 Å². The van der Waals surface area contributed by atoms with Crippen molar-refractivity contribution in [1.82, 2.24) is 14.9 Å². The third-order valence-electron chi connectivity index (χ3n) is 4.04. The Morgan fingerprint density at radius 3 is 2.38 bits per heavy atom. The number of benzene rings is 1. The lowest BCUT2D eigenvalue weighted by atomic mass is 9.95. The van der Waals surface area contributed by atoms with Gasteiger partial charge in [-0.3, -0.25) is 9.59 Å². The molecule has 0 aliphatic carbocycles. The monoisotopic (exact) mass is 327 g/mol. The number of H-pyrrole nitrogens is 1. The molecule has 2 aromatic rings. The van der Waals surface area contributed by atoms with Crippen molar-refractivity contribution in [1.29, 1.82) is 0 Å². The van der Waals surface area contributed by atoms with Gasteiger partial charge in [-0.15, -0.1) is 0 Å². The first-order chi connectivity index (χ1) is 11.1. The zero-order valence-electron chi connectivity index (χ0n) is 15.2. The number of amides is 1. The van der Waals surface area contributed by atoms with Crippen LogP contribution in [0, 0.1) is 13.8 Å². The zero-order chi connectivity index (χ0) is 18.1. The number of hydrogen-bond acceptors (Lipinski definition) is 3. The summed E-state index contributed by atoms with van der Waals surface area (Å²) in [4.78, 5) is 33.9. The van der Waals surface area contributed by atoms with Crippen molar-refractivity contribution >= 4 is 5.91 Å². The Bertz CT molecular complexity index is 816. The molecule has 1 aromatic heterocycles. The minimum atomic E-state index is -0.381. The predicted molar refractivity (Wildman–Crippen MR) is 95.3 cm³/mol. The van der Waals surface area contributed by atoms with Crippen LogP contribution in [0.4, 0.5) is 0 Å². The Kier molecular flexibility index (Phi) is 4.92. The normalized spacial score (nSPS) is 11.4. The lowest BCUT2D eigenvalue weighted by Gasteiger charge is -2.21. The van der Waals surface area contributed by atoms with Crippen LogP contribution >= 0.6 is 0 Å². The van der Waals surface area contributed by atoms with E-state index in [9.17, 15) is 9.59 Å². The van der Waals surface area contributed by atoms with E-state index in [0.717, 1.165) is 11.1 Å². The fourth-order valence-electron chi connectivity index (χ4n) is 2.50. The third-order valence-corrected chi connectivity index (χ3v) is 4.04. The molecule has 1 heterocycles. The fraction of sp³-hybridized carbons (Fsp3) is 0.421. The molecule has 0 aliphatic heterocycles. The minimum Gasteiger partial charge on any atom is -0.337 e. The SMILES string of the molecule is Cc1ccccc1CN(C)C(=O)c1c(C)nc(C(C)(C)C)[nH]c1=O. The van der Waals surface area contributed by atoms with E-state index in [1.807, 2.05) is 52.0 Å². The molecule has 0 atom stereocenters. The highest BCUT2D eigenvalue weighted by molar-refractivity contribution is 5.94. The summed E-state index contributed by atoms with van der Waals surface area (Å²) in [6.07, 6.45) is 0. The summed E-state index contributed by atoms with van der Waals surface area (Å²) < 4.78 is 0. The van der Waals surface area contributed by atoms with Crippen molar-refractivity contribution in [2.45, 2.75) is 46.6 Å². The number of nitrogens with zero attached hydrogens (tertiary/aromatic N) is 2. The van der Waals surface area contributed by atoms with Crippen molar-refractivity contribution < 1.29 is 4.79 Å². The van der Waals surface area contributed by atoms with Gasteiger partial charge in [0.1, 0.15) is 11.4 Å². The lowest BCUT2D eigenvalue weighted by molar-refractivity contribution is 0.0781. The molecule has 1 amide bonds. The molecule has 1 N–H and O–H groups in total. The van der Waals surface area contributed by atoms with Crippen molar-refractivity contribution in [2.24, 2.45) is 0 Å². The molecular formula is C19H25N3O2. The summed E-state index contributed by atoms with van der Waals surface area (Å²) in [5.41, 5.74) is 2.09. The van der Waals surface area contributed by atoms with Crippen LogP contribution in [0.5, 0.6) is 0 Å². The van der Waals surface area contributed by atoms with E-state index in [-0.39, 0.29) is 22.4 Å². The lowest BCUT2D eigenvalue weighted by Crippen LogP contribution is -2.35. The highest BCUT2D eigenvalue weighted by Crippen LogP contribution is 2.18. The van der Waals surface area contributed by atoms with Crippen molar-refractivity contribution in [3.05, 3.63) is 62.8 Å². The number of aromatic amines is 1. The number of aryl methyl sites for hydroxylation is 2. The molecule has 0 unspecified atom stereocenters. The predicted octanol–water partition coefficient (Wildman–Crippen LogP) is 2.96. The first-order valence-electron chi connectivity index (χ1n) is 8.02. The molecule has 0 fully saturated rings. The van der Waals surface area contributed by atoms with Gasteiger partial charge >= 0.3 is 0 Å². The van der Waals surface area contributed by atoms with Gasteiger partial charge in [0.2, 0.25) is 0 Å². The number of aromatic nitrogens is 2. The van der Waals surface area contributed by atoms with Gasteiger partial charge < -0.3 is 9.88 Å². The van der Waals surface area contributed by atoms with Crippen LogP contribution in [0.15, 0.2) is 29.1 Å². The fourth-order valence-corrected chi connectivity index (χ4v) is 2.50. The number of hydrogen-bond donors (Lipinski definition) is 1. The Morgan fingerprint density at radius 1 is 1.21 bits per heavy atom. The van der Waals surface area contributed by atoms with Gasteiger partial charge in [-0.1, -0.05) is 45.0 Å². The second-order valence-corrected chi connectivity index (χ2v) is 7.21. The topological polar surface area (TPSA) is 66.1 Å². The number of rotatable bonds is 3. The van der Waals surface area contributed by atoms with E-state index in [1.165, 1.54) is 0 Å². The average Bonchev–Trinajstić information content (AvgIpc) is 2.47. The van der Waals surface area contributed by atoms with Crippen molar-refractivity contribution in [3.8, 4) is 0 Å². The summed E-state index contributed by atoms with van der Waals surface area (Å²) in [5, 5.41) is 0. The molecule has 0 saturated heterocycles. The van der Waals surface area contributed by atoms with Crippen LogP contribution in [0.2, 0.25) is 0 Å². The zero-order valence-corrected chi connectivity index (χ0v) is 15.2. The molecule has 128 valence electrons. The highest BCUT2D eigenvalue weighted by Gasteiger charge is 2.24. The second kappa shape index (κ2) is 6.59. The summed E-state index contributed by atoms with van der Waals surface area (Å²) in [6, 6.07) is 7.89. The van der Waals surface area contributed by atoms with Crippen LogP contribution in [0.1, 0.15) is 53.8 Å². The minimum absolute atomic E-state index is 0.110. The van der Waals surface area contributed by atoms with E-state index >= 15 is 0 Å². The maximum absolute atomic E-state index is 12.7. The third kappa shape index (κ3) is 3.72. The van der Waals surface area contributed by atoms with E-state index < -0.39 is 0 Å². The average molecular weight is 327 g/mol. The van der Waals surface area contributed by atoms with E-state index in [1.54, 1.807) is 18.9 Å². The Labute approximate surface area is 142 Å². The van der Waals surface area contributed by atoms with E-state index in [4.69, 9.17) is 0 Å². The Hall–Kier alpha value is -2.43. The highest BCUT2D eigenvalue weighted by atomic mass is 16.2. The molecule has 5 nitrogen and oxygen atoms in total. The van der Waals surface area contributed by atoms with Gasteiger partial charge in [0, 0.05) is 19.0 Å². The number of nitrogens with one attached hydrogen (secondary N) is 1. The van der Waals surface area contributed by atoms with Gasteiger partial charge in [0.15, 0.2) is 0 Å². The van der Waals surface area contributed by atoms with Gasteiger partial charge in [-0.25, -0.2) is 4.98 Å². The molecule has 2 rings (SSSR count). The molecule has 0 bridgehead atoms. The number of carbonyl (C=O) groups is 1. The Morgan fingerprint density at radius 2 is 1.83 bits per heavy atom. The van der Waals surface area contributed by atoms with Gasteiger partial charge in [0.25, 0.3) is 11.5 Å². The summed E-state index contributed by atoms with van der Waals surface area (Å²) in [7, 11) is 1.70. The molecule has 5 heteroatoms. The van der Waals surface area contributed by atoms with Crippen LogP contribution in [0.25, 0.3) is 0 Å². The van der Waals surface area contributed by atoms with E-state index in [0.29, 0.717) is 18.1 Å². The molecule has 0 radical (unpaired) electrons. The molecule has 0 spiro atoms. The molecule has 1 aromatic carbocycles. The summed E-state index contributed by atoms with van der Waals surface area (Å²) >= 11 is 0. The quantitative estimate of drug-likeness (QED) is 0.942. The molecular weight excluding hydrogens is 302 g/mol. The molecule has 24 heavy (non-hydrogen) atoms. The molecule has 0 aliphatic rings. The smallest absolute Gasteiger partial charge is 0.264 e. The Balaban J connectivity index is 2.33. The first-order valence-corrected chi connectivity index (χ1v) is 8.02. The largest absolute Gasteiger partial charge is 0.337 e. The van der Waals surface area contributed by atoms with Gasteiger partial charge in [-0.2, -0.15) is 0 Å². The second-order valence-electron chi connectivity index (χ2n) is 7.21. The number of carbonyl (C=O) groups excluding carboxylic acids is 1. The molecule has 0 saturated carbocycles. The standard InChI is InChI=1S/C19H25N3O2/c1-12-9-7-8-10-14(12)11-22(6)17(24)15-13(2)20-18(19(3,4)5)21-16(15)23/h7-10H,11H2,1-6H3,(H,20,21,23). The summed E-state index contributed by atoms with van der Waals surface area (Å²) in [5.74, 6) is 0.271. The van der Waals surface area contributed by atoms with Crippen LogP contribution in [0.3, 0.4) is 0 Å². The maximum atomic E-state index is 12.7. The first kappa shape index (κ1) is 17.9. The van der Waals surface area contributed by atoms with Crippen molar-refractivity contribution in [2.75, 3.05) is 7.05 Å². The maximum Gasteiger partial charge on any atom is 0.264 e.